The molecule has 0 amide bonds. The topological polar surface area (TPSA) is 94.8 Å². The Morgan fingerprint density at radius 3 is 2.62 bits per heavy atom. The van der Waals surface area contributed by atoms with E-state index in [1.165, 1.54) is 12.3 Å². The summed E-state index contributed by atoms with van der Waals surface area (Å²) in [4.78, 5) is 5.13. The van der Waals surface area contributed by atoms with E-state index in [-0.39, 0.29) is 11.5 Å². The lowest BCUT2D eigenvalue weighted by molar-refractivity contribution is 0.144. The zero-order valence-corrected chi connectivity index (χ0v) is 15.6. The number of rotatable bonds is 9. The molecular weight excluding hydrogens is 379 g/mol. The molecule has 0 aliphatic carbocycles. The minimum absolute atomic E-state index is 0.158. The third kappa shape index (κ3) is 5.34. The van der Waals surface area contributed by atoms with Crippen molar-refractivity contribution in [1.29, 1.82) is 0 Å². The number of anilines is 2. The van der Waals surface area contributed by atoms with Gasteiger partial charge in [-0.3, -0.25) is 10.3 Å². The highest BCUT2D eigenvalue weighted by Crippen LogP contribution is 2.30. The first-order chi connectivity index (χ1) is 12.4. The zero-order valence-electron chi connectivity index (χ0n) is 14.1. The summed E-state index contributed by atoms with van der Waals surface area (Å²) < 4.78 is 5.70. The zero-order chi connectivity index (χ0) is 19.1. The predicted octanol–water partition coefficient (Wildman–Crippen LogP) is 3.83. The Kier molecular flexibility index (Phi) is 7.23. The first-order valence-electron chi connectivity index (χ1n) is 7.58. The molecule has 2 rings (SSSR count). The fourth-order valence-electron chi connectivity index (χ4n) is 2.18. The van der Waals surface area contributed by atoms with Gasteiger partial charge in [-0.25, -0.2) is 0 Å². The summed E-state index contributed by atoms with van der Waals surface area (Å²) in [5, 5.41) is 13.5. The SMILES string of the molecule is C=C(N)NN(OC)c1ccc(OCCc2ccc(Cl)c(Cl)c2)cc1N[O-]. The highest BCUT2D eigenvalue weighted by molar-refractivity contribution is 6.42. The molecule has 0 atom stereocenters. The summed E-state index contributed by atoms with van der Waals surface area (Å²) in [6.07, 6.45) is 0.636. The molecule has 0 bridgehead atoms. The number of nitrogens with one attached hydrogen (secondary N) is 2. The van der Waals surface area contributed by atoms with Crippen molar-refractivity contribution in [3.05, 3.63) is 69.6 Å². The minimum atomic E-state index is 0.158. The van der Waals surface area contributed by atoms with Crippen LogP contribution < -0.4 is 26.5 Å². The summed E-state index contributed by atoms with van der Waals surface area (Å²) in [7, 11) is 1.42. The molecule has 26 heavy (non-hydrogen) atoms. The van der Waals surface area contributed by atoms with E-state index >= 15 is 0 Å². The van der Waals surface area contributed by atoms with Crippen molar-refractivity contribution in [2.45, 2.75) is 6.42 Å². The van der Waals surface area contributed by atoms with Gasteiger partial charge in [0.15, 0.2) is 0 Å². The van der Waals surface area contributed by atoms with E-state index in [2.05, 4.69) is 12.0 Å². The standard InChI is InChI=1S/C17H19Cl2N4O3/c1-11(20)21-23(25-2)17-6-4-13(10-16(17)22-24)26-8-7-12-3-5-14(18)15(19)9-12/h3-6,9-10,21-22H,1,7-8,20H2,2H3/q-1. The molecule has 0 fully saturated rings. The van der Waals surface area contributed by atoms with Crippen molar-refractivity contribution in [1.82, 2.24) is 5.43 Å². The molecule has 0 aliphatic heterocycles. The Labute approximate surface area is 161 Å². The number of hydrogen-bond acceptors (Lipinski definition) is 7. The summed E-state index contributed by atoms with van der Waals surface area (Å²) in [5.41, 5.74) is 11.7. The molecule has 2 aromatic rings. The van der Waals surface area contributed by atoms with Gasteiger partial charge < -0.3 is 21.2 Å². The largest absolute Gasteiger partial charge is 0.761 e. The number of ether oxygens (including phenoxy) is 1. The molecular formula is C17H19Cl2N4O3-. The lowest BCUT2D eigenvalue weighted by atomic mass is 10.2. The Bertz CT molecular complexity index is 774. The van der Waals surface area contributed by atoms with Crippen LogP contribution in [0.1, 0.15) is 5.56 Å². The van der Waals surface area contributed by atoms with Crippen LogP contribution in [0, 0.1) is 5.21 Å². The second-order valence-electron chi connectivity index (χ2n) is 5.24. The van der Waals surface area contributed by atoms with Crippen LogP contribution in [-0.4, -0.2) is 13.7 Å². The third-order valence-electron chi connectivity index (χ3n) is 3.37. The molecule has 0 spiro atoms. The van der Waals surface area contributed by atoms with Gasteiger partial charge in [-0.05, 0) is 29.8 Å². The number of benzene rings is 2. The Balaban J connectivity index is 2.03. The van der Waals surface area contributed by atoms with Crippen LogP contribution in [0.15, 0.2) is 48.8 Å². The molecule has 0 heterocycles. The molecule has 0 radical (unpaired) electrons. The first-order valence-corrected chi connectivity index (χ1v) is 8.34. The number of nitrogens with two attached hydrogens (primary N) is 1. The summed E-state index contributed by atoms with van der Waals surface area (Å²) in [6, 6.07) is 10.3. The van der Waals surface area contributed by atoms with Gasteiger partial charge in [0.1, 0.15) is 17.3 Å². The van der Waals surface area contributed by atoms with E-state index in [1.54, 1.807) is 30.3 Å². The average molecular weight is 398 g/mol. The van der Waals surface area contributed by atoms with Crippen molar-refractivity contribution in [2.24, 2.45) is 5.73 Å². The molecule has 0 aromatic heterocycles. The van der Waals surface area contributed by atoms with Gasteiger partial charge >= 0.3 is 0 Å². The van der Waals surface area contributed by atoms with Crippen molar-refractivity contribution >= 4 is 34.6 Å². The van der Waals surface area contributed by atoms with Gasteiger partial charge in [-0.2, -0.15) is 5.17 Å². The van der Waals surface area contributed by atoms with Crippen LogP contribution in [0.3, 0.4) is 0 Å². The summed E-state index contributed by atoms with van der Waals surface area (Å²) in [6.45, 7) is 3.93. The Hall–Kier alpha value is -2.32. The fraction of sp³-hybridized carbons (Fsp3) is 0.176. The highest BCUT2D eigenvalue weighted by Gasteiger charge is 2.11. The van der Waals surface area contributed by atoms with E-state index in [0.29, 0.717) is 34.5 Å². The predicted molar refractivity (Wildman–Crippen MR) is 105 cm³/mol. The number of nitrogens with zero attached hydrogens (tertiary/aromatic N) is 1. The Morgan fingerprint density at radius 1 is 1.23 bits per heavy atom. The van der Waals surface area contributed by atoms with Gasteiger partial charge in [0.05, 0.1) is 29.4 Å². The normalized spacial score (nSPS) is 10.3. The minimum Gasteiger partial charge on any atom is -0.761 e. The van der Waals surface area contributed by atoms with Crippen molar-refractivity contribution in [2.75, 3.05) is 24.4 Å². The molecule has 140 valence electrons. The fourth-order valence-corrected chi connectivity index (χ4v) is 2.50. The molecule has 0 aliphatic rings. The smallest absolute Gasteiger partial charge is 0.121 e. The Morgan fingerprint density at radius 2 is 2.00 bits per heavy atom. The summed E-state index contributed by atoms with van der Waals surface area (Å²) >= 11 is 11.9. The summed E-state index contributed by atoms with van der Waals surface area (Å²) in [5.74, 6) is 0.681. The van der Waals surface area contributed by atoms with Gasteiger partial charge in [0.25, 0.3) is 0 Å². The van der Waals surface area contributed by atoms with E-state index in [0.717, 1.165) is 5.56 Å². The van der Waals surface area contributed by atoms with Crippen LogP contribution >= 0.6 is 23.2 Å². The van der Waals surface area contributed by atoms with E-state index in [1.807, 2.05) is 11.5 Å². The van der Waals surface area contributed by atoms with Crippen LogP contribution in [0.25, 0.3) is 0 Å². The van der Waals surface area contributed by atoms with Gasteiger partial charge in [0, 0.05) is 12.5 Å². The van der Waals surface area contributed by atoms with Crippen LogP contribution in [-0.2, 0) is 11.3 Å². The number of halogens is 2. The van der Waals surface area contributed by atoms with Crippen LogP contribution in [0.4, 0.5) is 11.4 Å². The second-order valence-corrected chi connectivity index (χ2v) is 6.06. The molecule has 0 saturated carbocycles. The monoisotopic (exact) mass is 397 g/mol. The molecule has 0 unspecified atom stereocenters. The van der Waals surface area contributed by atoms with E-state index in [9.17, 15) is 5.21 Å². The van der Waals surface area contributed by atoms with Crippen LogP contribution in [0.5, 0.6) is 5.75 Å². The van der Waals surface area contributed by atoms with Crippen molar-refractivity contribution < 1.29 is 9.57 Å². The lowest BCUT2D eigenvalue weighted by Gasteiger charge is -2.27. The molecule has 9 heteroatoms. The molecule has 7 nitrogen and oxygen atoms in total. The quantitative estimate of drug-likeness (QED) is 0.553. The first kappa shape index (κ1) is 20.0. The van der Waals surface area contributed by atoms with Gasteiger partial charge in [-0.1, -0.05) is 35.8 Å². The van der Waals surface area contributed by atoms with Crippen molar-refractivity contribution in [3.63, 3.8) is 0 Å². The van der Waals surface area contributed by atoms with E-state index in [4.69, 9.17) is 38.5 Å². The van der Waals surface area contributed by atoms with Crippen molar-refractivity contribution in [3.8, 4) is 5.75 Å². The lowest BCUT2D eigenvalue weighted by Crippen LogP contribution is -2.39. The molecule has 4 N–H and O–H groups in total. The average Bonchev–Trinajstić information content (AvgIpc) is 2.62. The van der Waals surface area contributed by atoms with Crippen LogP contribution in [0.2, 0.25) is 10.0 Å². The highest BCUT2D eigenvalue weighted by atomic mass is 35.5. The number of hydrazine groups is 1. The van der Waals surface area contributed by atoms with E-state index < -0.39 is 0 Å². The number of hydrogen-bond donors (Lipinski definition) is 3. The molecule has 2 aromatic carbocycles. The maximum absolute atomic E-state index is 11.3. The maximum Gasteiger partial charge on any atom is 0.121 e. The third-order valence-corrected chi connectivity index (χ3v) is 4.11. The molecule has 0 saturated heterocycles. The van der Waals surface area contributed by atoms with Gasteiger partial charge in [0.2, 0.25) is 0 Å². The maximum atomic E-state index is 11.3. The van der Waals surface area contributed by atoms with Gasteiger partial charge in [-0.15, -0.1) is 0 Å². The second kappa shape index (κ2) is 9.40.